The quantitative estimate of drug-likeness (QED) is 0.193. The first-order chi connectivity index (χ1) is 21.3. The summed E-state index contributed by atoms with van der Waals surface area (Å²) in [5, 5.41) is 14.9. The monoisotopic (exact) mass is 658 g/mol. The van der Waals surface area contributed by atoms with Crippen molar-refractivity contribution < 1.29 is 32.6 Å². The number of aliphatic hydroxyl groups is 1. The fourth-order valence-electron chi connectivity index (χ4n) is 5.69. The Morgan fingerprint density at radius 3 is 2.44 bits per heavy atom. The van der Waals surface area contributed by atoms with Gasteiger partial charge in [-0.25, -0.2) is 23.1 Å². The van der Waals surface area contributed by atoms with Crippen LogP contribution in [0.3, 0.4) is 0 Å². The number of rotatable bonds is 9. The highest BCUT2D eigenvalue weighted by Crippen LogP contribution is 2.52. The number of carbonyl (C=O) groups excluding carboxylic acids is 2. The molecule has 1 atom stereocenters. The maximum atomic E-state index is 16.1. The number of primary amides is 1. The summed E-state index contributed by atoms with van der Waals surface area (Å²) in [5.41, 5.74) is 2.40. The zero-order chi connectivity index (χ0) is 32.4. The van der Waals surface area contributed by atoms with Crippen molar-refractivity contribution in [2.24, 2.45) is 11.7 Å². The summed E-state index contributed by atoms with van der Waals surface area (Å²) in [5.74, 6) is -4.77. The van der Waals surface area contributed by atoms with Gasteiger partial charge in [-0.05, 0) is 74.9 Å². The average Bonchev–Trinajstić information content (AvgIpc) is 3.93. The highest BCUT2D eigenvalue weighted by Gasteiger charge is 2.54. The number of nitrogens with one attached hydrogen (secondary N) is 1. The summed E-state index contributed by atoms with van der Waals surface area (Å²) < 4.78 is 50.7. The van der Waals surface area contributed by atoms with E-state index in [1.54, 1.807) is 19.1 Å². The van der Waals surface area contributed by atoms with E-state index in [9.17, 15) is 19.1 Å². The normalized spacial score (nSPS) is 16.7. The number of nitrogens with two attached hydrogens (primary N) is 1. The van der Waals surface area contributed by atoms with E-state index in [1.807, 2.05) is 0 Å². The summed E-state index contributed by atoms with van der Waals surface area (Å²) in [6.07, 6.45) is 1.58. The van der Waals surface area contributed by atoms with Crippen LogP contribution in [0.4, 0.5) is 13.2 Å². The summed E-state index contributed by atoms with van der Waals surface area (Å²) in [7, 11) is 1.44. The highest BCUT2D eigenvalue weighted by atomic mass is 35.5. The Kier molecular flexibility index (Phi) is 7.70. The van der Waals surface area contributed by atoms with Gasteiger partial charge in [0.1, 0.15) is 33.4 Å². The van der Waals surface area contributed by atoms with Crippen LogP contribution < -0.4 is 15.8 Å². The van der Waals surface area contributed by atoms with E-state index < -0.39 is 62.5 Å². The van der Waals surface area contributed by atoms with Crippen LogP contribution in [0.1, 0.15) is 53.0 Å². The van der Waals surface area contributed by atoms with Gasteiger partial charge >= 0.3 is 0 Å². The van der Waals surface area contributed by atoms with E-state index in [-0.39, 0.29) is 36.2 Å². The molecule has 0 saturated heterocycles. The molecule has 4 N–H and O–H groups in total. The van der Waals surface area contributed by atoms with Crippen molar-refractivity contribution in [1.82, 2.24) is 15.3 Å². The standard InChI is InChI=1S/C32H27Cl2F3N4O4/c1-14-20(33)10-15-9-16(11-22(45-2)27(15)40-14)29(42)39-13-32(44,17-3-4-17)23-12-19(31(7-8-31)30(38)43)26(37)28(41-23)18-5-6-21(35)24(34)25(18)36/h5-6,9-12,17,44H,3-4,7-8,13H2,1-2H3,(H2,38,43)(H,39,42)/t32-/m1/s1. The molecule has 2 aliphatic carbocycles. The molecule has 4 aromatic rings. The Bertz CT molecular complexity index is 1920. The summed E-state index contributed by atoms with van der Waals surface area (Å²) in [6, 6.07) is 7.85. The molecule has 2 heterocycles. The molecule has 2 fully saturated rings. The van der Waals surface area contributed by atoms with E-state index >= 15 is 8.78 Å². The van der Waals surface area contributed by atoms with E-state index in [2.05, 4.69) is 15.3 Å². The number of aromatic nitrogens is 2. The van der Waals surface area contributed by atoms with Crippen LogP contribution in [0.15, 0.2) is 36.4 Å². The topological polar surface area (TPSA) is 127 Å². The molecule has 0 aliphatic heterocycles. The number of benzene rings is 2. The summed E-state index contributed by atoms with van der Waals surface area (Å²) >= 11 is 12.1. The van der Waals surface area contributed by atoms with E-state index in [1.165, 1.54) is 19.2 Å². The number of ether oxygens (including phenoxy) is 1. The van der Waals surface area contributed by atoms with Crippen LogP contribution in [0.2, 0.25) is 10.0 Å². The number of methoxy groups -OCH3 is 1. The van der Waals surface area contributed by atoms with Crippen LogP contribution in [0.25, 0.3) is 22.2 Å². The van der Waals surface area contributed by atoms with Crippen molar-refractivity contribution >= 4 is 45.9 Å². The zero-order valence-corrected chi connectivity index (χ0v) is 25.6. The van der Waals surface area contributed by atoms with Crippen molar-refractivity contribution in [2.45, 2.75) is 43.6 Å². The van der Waals surface area contributed by atoms with E-state index in [0.717, 1.165) is 12.1 Å². The predicted octanol–water partition coefficient (Wildman–Crippen LogP) is 5.88. The molecule has 0 unspecified atom stereocenters. The van der Waals surface area contributed by atoms with Gasteiger partial charge in [-0.1, -0.05) is 23.2 Å². The SMILES string of the molecule is COc1cc(C(=O)NC[C@](O)(c2cc(C3(C(N)=O)CC3)c(F)c(-c3ccc(F)c(Cl)c3F)n2)C2CC2)cc2cc(Cl)c(C)nc12. The van der Waals surface area contributed by atoms with Gasteiger partial charge in [0, 0.05) is 22.1 Å². The van der Waals surface area contributed by atoms with Gasteiger partial charge in [-0.2, -0.15) is 0 Å². The van der Waals surface area contributed by atoms with Crippen molar-refractivity contribution in [3.8, 4) is 17.0 Å². The molecule has 0 radical (unpaired) electrons. The lowest BCUT2D eigenvalue weighted by Crippen LogP contribution is -2.43. The third-order valence-electron chi connectivity index (χ3n) is 8.69. The second kappa shape index (κ2) is 11.1. The Morgan fingerprint density at radius 2 is 1.82 bits per heavy atom. The van der Waals surface area contributed by atoms with Crippen LogP contribution in [-0.4, -0.2) is 40.5 Å². The third kappa shape index (κ3) is 5.26. The molecule has 0 spiro atoms. The Hall–Kier alpha value is -3.93. The number of pyridine rings is 2. The van der Waals surface area contributed by atoms with Gasteiger partial charge in [0.15, 0.2) is 11.6 Å². The number of carbonyl (C=O) groups is 2. The lowest BCUT2D eigenvalue weighted by molar-refractivity contribution is -0.120. The minimum absolute atomic E-state index is 0.105. The molecule has 2 aliphatic rings. The average molecular weight is 659 g/mol. The molecule has 0 bridgehead atoms. The highest BCUT2D eigenvalue weighted by molar-refractivity contribution is 6.32. The zero-order valence-electron chi connectivity index (χ0n) is 24.1. The van der Waals surface area contributed by atoms with Gasteiger partial charge in [0.2, 0.25) is 5.91 Å². The van der Waals surface area contributed by atoms with Crippen LogP contribution >= 0.6 is 23.2 Å². The molecule has 2 aromatic carbocycles. The molecule has 13 heteroatoms. The second-order valence-electron chi connectivity index (χ2n) is 11.6. The molecular formula is C32H27Cl2F3N4O4. The molecular weight excluding hydrogens is 632 g/mol. The van der Waals surface area contributed by atoms with Crippen molar-refractivity contribution in [2.75, 3.05) is 13.7 Å². The molecule has 2 amide bonds. The number of halogens is 5. The van der Waals surface area contributed by atoms with Gasteiger partial charge in [-0.3, -0.25) is 9.59 Å². The largest absolute Gasteiger partial charge is 0.494 e. The Morgan fingerprint density at radius 1 is 1.11 bits per heavy atom. The van der Waals surface area contributed by atoms with Crippen molar-refractivity contribution in [1.29, 1.82) is 0 Å². The Balaban J connectivity index is 1.42. The molecule has 45 heavy (non-hydrogen) atoms. The van der Waals surface area contributed by atoms with Gasteiger partial charge < -0.3 is 20.9 Å². The number of hydrogen-bond donors (Lipinski definition) is 3. The van der Waals surface area contributed by atoms with Gasteiger partial charge in [-0.15, -0.1) is 0 Å². The van der Waals surface area contributed by atoms with Gasteiger partial charge in [0.25, 0.3) is 5.91 Å². The maximum absolute atomic E-state index is 16.1. The lowest BCUT2D eigenvalue weighted by atomic mass is 9.86. The minimum atomic E-state index is -1.86. The number of fused-ring (bicyclic) bond motifs is 1. The maximum Gasteiger partial charge on any atom is 0.251 e. The number of hydrogen-bond acceptors (Lipinski definition) is 6. The van der Waals surface area contributed by atoms with Gasteiger partial charge in [0.05, 0.1) is 35.5 Å². The minimum Gasteiger partial charge on any atom is -0.494 e. The van der Waals surface area contributed by atoms with E-state index in [0.29, 0.717) is 40.2 Å². The molecule has 2 aromatic heterocycles. The van der Waals surface area contributed by atoms with E-state index in [4.69, 9.17) is 33.7 Å². The summed E-state index contributed by atoms with van der Waals surface area (Å²) in [6.45, 7) is 1.38. The molecule has 234 valence electrons. The fraction of sp³-hybridized carbons (Fsp3) is 0.312. The second-order valence-corrected chi connectivity index (χ2v) is 12.4. The number of aryl methyl sites for hydroxylation is 1. The fourth-order valence-corrected chi connectivity index (χ4v) is 6.01. The number of amides is 2. The van der Waals surface area contributed by atoms with Crippen LogP contribution in [-0.2, 0) is 15.8 Å². The molecule has 8 nitrogen and oxygen atoms in total. The van der Waals surface area contributed by atoms with Crippen LogP contribution in [0.5, 0.6) is 5.75 Å². The first-order valence-corrected chi connectivity index (χ1v) is 14.9. The predicted molar refractivity (Wildman–Crippen MR) is 162 cm³/mol. The Labute approximate surface area is 265 Å². The molecule has 2 saturated carbocycles. The van der Waals surface area contributed by atoms with Crippen molar-refractivity contribution in [3.63, 3.8) is 0 Å². The lowest BCUT2D eigenvalue weighted by Gasteiger charge is -2.30. The first kappa shape index (κ1) is 31.1. The molecule has 6 rings (SSSR count). The van der Waals surface area contributed by atoms with Crippen LogP contribution in [0, 0.1) is 30.3 Å². The summed E-state index contributed by atoms with van der Waals surface area (Å²) in [4.78, 5) is 34.7. The third-order valence-corrected chi connectivity index (χ3v) is 9.42. The first-order valence-electron chi connectivity index (χ1n) is 14.1. The van der Waals surface area contributed by atoms with Crippen molar-refractivity contribution in [3.05, 3.63) is 86.4 Å². The smallest absolute Gasteiger partial charge is 0.251 e. The number of nitrogens with zero attached hydrogens (tertiary/aromatic N) is 2.